The van der Waals surface area contributed by atoms with Gasteiger partial charge >= 0.3 is 0 Å². The van der Waals surface area contributed by atoms with E-state index in [-0.39, 0.29) is 12.4 Å². The lowest BCUT2D eigenvalue weighted by Crippen LogP contribution is -1.90. The zero-order valence-electron chi connectivity index (χ0n) is 10.0. The molecule has 0 saturated carbocycles. The second-order valence-corrected chi connectivity index (χ2v) is 4.73. The molecular formula is C14H17FOS. The Hall–Kier alpha value is -0.980. The maximum Gasteiger partial charge on any atom is 0.124 e. The fourth-order valence-corrected chi connectivity index (χ4v) is 2.24. The van der Waals surface area contributed by atoms with E-state index in [9.17, 15) is 4.39 Å². The predicted molar refractivity (Wildman–Crippen MR) is 71.4 cm³/mol. The molecule has 0 aliphatic carbocycles. The number of benzene rings is 1. The van der Waals surface area contributed by atoms with Crippen molar-refractivity contribution in [2.45, 2.75) is 25.5 Å². The molecule has 92 valence electrons. The van der Waals surface area contributed by atoms with Crippen LogP contribution in [0.3, 0.4) is 0 Å². The van der Waals surface area contributed by atoms with Gasteiger partial charge in [-0.1, -0.05) is 24.8 Å². The molecule has 1 aromatic carbocycles. The molecule has 0 fully saturated rings. The number of thioether (sulfide) groups is 1. The molecule has 0 spiro atoms. The van der Waals surface area contributed by atoms with Crippen molar-refractivity contribution in [1.29, 1.82) is 0 Å². The van der Waals surface area contributed by atoms with E-state index in [1.54, 1.807) is 6.07 Å². The largest absolute Gasteiger partial charge is 0.395 e. The second-order valence-electron chi connectivity index (χ2n) is 3.63. The summed E-state index contributed by atoms with van der Waals surface area (Å²) in [6, 6.07) is 4.73. The molecule has 1 nitrogen and oxygen atoms in total. The second kappa shape index (κ2) is 8.16. The van der Waals surface area contributed by atoms with Crippen LogP contribution < -0.4 is 0 Å². The molecule has 0 unspecified atom stereocenters. The molecule has 1 N–H and O–H groups in total. The molecule has 3 heteroatoms. The Morgan fingerprint density at radius 1 is 1.41 bits per heavy atom. The van der Waals surface area contributed by atoms with Crippen molar-refractivity contribution in [1.82, 2.24) is 0 Å². The smallest absolute Gasteiger partial charge is 0.124 e. The maximum absolute atomic E-state index is 13.1. The van der Waals surface area contributed by atoms with E-state index < -0.39 is 0 Å². The van der Waals surface area contributed by atoms with Crippen molar-refractivity contribution in [2.75, 3.05) is 12.4 Å². The summed E-state index contributed by atoms with van der Waals surface area (Å²) >= 11 is 1.83. The minimum absolute atomic E-state index is 0.0439. The Balaban J connectivity index is 2.77. The zero-order chi connectivity index (χ0) is 12.5. The highest BCUT2D eigenvalue weighted by Gasteiger charge is 2.02. The Kier molecular flexibility index (Phi) is 6.76. The summed E-state index contributed by atoms with van der Waals surface area (Å²) < 4.78 is 13.1. The van der Waals surface area contributed by atoms with E-state index in [4.69, 9.17) is 5.11 Å². The van der Waals surface area contributed by atoms with Crippen LogP contribution in [0.4, 0.5) is 4.39 Å². The average molecular weight is 252 g/mol. The van der Waals surface area contributed by atoms with Gasteiger partial charge in [-0.15, -0.1) is 0 Å². The standard InChI is InChI=1S/C14H17FOS/c1-2-9-17-11-13-6-7-14(15)10-12(13)5-3-4-8-16/h6-7,10,16H,2,4,8-9,11H2,1H3. The summed E-state index contributed by atoms with van der Waals surface area (Å²) in [4.78, 5) is 0. The van der Waals surface area contributed by atoms with Crippen LogP contribution in [0, 0.1) is 17.7 Å². The molecule has 0 atom stereocenters. The van der Waals surface area contributed by atoms with E-state index in [1.165, 1.54) is 12.1 Å². The van der Waals surface area contributed by atoms with Crippen molar-refractivity contribution in [3.63, 3.8) is 0 Å². The Labute approximate surface area is 106 Å². The molecule has 0 radical (unpaired) electrons. The Morgan fingerprint density at radius 2 is 2.24 bits per heavy atom. The predicted octanol–water partition coefficient (Wildman–Crippen LogP) is 3.20. The summed E-state index contributed by atoms with van der Waals surface area (Å²) in [6.45, 7) is 2.18. The Morgan fingerprint density at radius 3 is 2.94 bits per heavy atom. The average Bonchev–Trinajstić information content (AvgIpc) is 2.32. The monoisotopic (exact) mass is 252 g/mol. The van der Waals surface area contributed by atoms with E-state index in [0.717, 1.165) is 29.1 Å². The van der Waals surface area contributed by atoms with Gasteiger partial charge in [0.05, 0.1) is 6.61 Å². The molecule has 0 aliphatic rings. The minimum Gasteiger partial charge on any atom is -0.395 e. The SMILES string of the molecule is CCCSCc1ccc(F)cc1C#CCCO. The van der Waals surface area contributed by atoms with Crippen molar-refractivity contribution >= 4 is 11.8 Å². The van der Waals surface area contributed by atoms with Crippen LogP contribution in [0.15, 0.2) is 18.2 Å². The lowest BCUT2D eigenvalue weighted by atomic mass is 10.1. The van der Waals surface area contributed by atoms with E-state index in [1.807, 2.05) is 11.8 Å². The summed E-state index contributed by atoms with van der Waals surface area (Å²) in [7, 11) is 0. The molecule has 0 heterocycles. The summed E-state index contributed by atoms with van der Waals surface area (Å²) in [5.74, 6) is 7.45. The molecule has 0 aliphatic heterocycles. The molecule has 1 aromatic rings. The number of aliphatic hydroxyl groups excluding tert-OH is 1. The number of hydrogen-bond donors (Lipinski definition) is 1. The first-order valence-electron chi connectivity index (χ1n) is 5.73. The maximum atomic E-state index is 13.1. The van der Waals surface area contributed by atoms with Gasteiger partial charge < -0.3 is 5.11 Å². The van der Waals surface area contributed by atoms with Gasteiger partial charge in [0.2, 0.25) is 0 Å². The van der Waals surface area contributed by atoms with Crippen molar-refractivity contribution in [3.05, 3.63) is 35.1 Å². The number of rotatable bonds is 5. The van der Waals surface area contributed by atoms with Gasteiger partial charge in [-0.3, -0.25) is 0 Å². The lowest BCUT2D eigenvalue weighted by Gasteiger charge is -2.04. The number of hydrogen-bond acceptors (Lipinski definition) is 2. The van der Waals surface area contributed by atoms with E-state index in [0.29, 0.717) is 6.42 Å². The normalized spacial score (nSPS) is 9.82. The minimum atomic E-state index is -0.262. The van der Waals surface area contributed by atoms with E-state index >= 15 is 0 Å². The fourth-order valence-electron chi connectivity index (χ4n) is 1.33. The quantitative estimate of drug-likeness (QED) is 0.641. The third kappa shape index (κ3) is 5.25. The van der Waals surface area contributed by atoms with Gasteiger partial charge in [0.25, 0.3) is 0 Å². The van der Waals surface area contributed by atoms with Gasteiger partial charge in [0.15, 0.2) is 0 Å². The van der Waals surface area contributed by atoms with Crippen LogP contribution in [0.1, 0.15) is 30.9 Å². The van der Waals surface area contributed by atoms with Crippen LogP contribution in [-0.2, 0) is 5.75 Å². The first-order valence-corrected chi connectivity index (χ1v) is 6.89. The molecular weight excluding hydrogens is 235 g/mol. The van der Waals surface area contributed by atoms with Gasteiger partial charge in [-0.05, 0) is 29.9 Å². The van der Waals surface area contributed by atoms with Gasteiger partial charge in [0, 0.05) is 17.7 Å². The summed E-state index contributed by atoms with van der Waals surface area (Å²) in [5.41, 5.74) is 1.80. The Bertz CT molecular complexity index is 406. The van der Waals surface area contributed by atoms with Gasteiger partial charge in [0.1, 0.15) is 5.82 Å². The van der Waals surface area contributed by atoms with Crippen LogP contribution >= 0.6 is 11.8 Å². The van der Waals surface area contributed by atoms with E-state index in [2.05, 4.69) is 18.8 Å². The van der Waals surface area contributed by atoms with Crippen LogP contribution in [0.5, 0.6) is 0 Å². The summed E-state index contributed by atoms with van der Waals surface area (Å²) in [5, 5.41) is 8.66. The molecule has 0 bridgehead atoms. The fraction of sp³-hybridized carbons (Fsp3) is 0.429. The van der Waals surface area contributed by atoms with Crippen molar-refractivity contribution in [2.24, 2.45) is 0 Å². The number of halogens is 1. The molecule has 1 rings (SSSR count). The van der Waals surface area contributed by atoms with Gasteiger partial charge in [-0.2, -0.15) is 11.8 Å². The lowest BCUT2D eigenvalue weighted by molar-refractivity contribution is 0.305. The highest BCUT2D eigenvalue weighted by atomic mass is 32.2. The third-order valence-corrected chi connectivity index (χ3v) is 3.35. The van der Waals surface area contributed by atoms with Gasteiger partial charge in [-0.25, -0.2) is 4.39 Å². The highest BCUT2D eigenvalue weighted by molar-refractivity contribution is 7.98. The van der Waals surface area contributed by atoms with Crippen LogP contribution in [0.2, 0.25) is 0 Å². The highest BCUT2D eigenvalue weighted by Crippen LogP contribution is 2.18. The third-order valence-electron chi connectivity index (χ3n) is 2.14. The molecule has 0 aromatic heterocycles. The summed E-state index contributed by atoms with van der Waals surface area (Å²) in [6.07, 6.45) is 1.56. The topological polar surface area (TPSA) is 20.2 Å². The molecule has 17 heavy (non-hydrogen) atoms. The van der Waals surface area contributed by atoms with Crippen molar-refractivity contribution in [3.8, 4) is 11.8 Å². The zero-order valence-corrected chi connectivity index (χ0v) is 10.8. The molecule has 0 saturated heterocycles. The first kappa shape index (κ1) is 14.1. The number of aliphatic hydroxyl groups is 1. The van der Waals surface area contributed by atoms with Crippen LogP contribution in [0.25, 0.3) is 0 Å². The molecule has 0 amide bonds. The first-order chi connectivity index (χ1) is 8.27. The van der Waals surface area contributed by atoms with Crippen molar-refractivity contribution < 1.29 is 9.50 Å². The van der Waals surface area contributed by atoms with Crippen LogP contribution in [-0.4, -0.2) is 17.5 Å².